The summed E-state index contributed by atoms with van der Waals surface area (Å²) in [6, 6.07) is 7.42. The predicted octanol–water partition coefficient (Wildman–Crippen LogP) is 8.62. The molecular formula is C32H40IrO2-2. The maximum absolute atomic E-state index is 10.4. The zero-order chi connectivity index (χ0) is 26.2. The number of ketones is 1. The second kappa shape index (κ2) is 11.7. The average molecular weight is 649 g/mol. The zero-order valence-electron chi connectivity index (χ0n) is 23.7. The van der Waals surface area contributed by atoms with Crippen LogP contribution in [0.3, 0.4) is 0 Å². The van der Waals surface area contributed by atoms with E-state index in [0.717, 1.165) is 0 Å². The van der Waals surface area contributed by atoms with Crippen LogP contribution in [-0.4, -0.2) is 10.9 Å². The number of aliphatic hydroxyl groups excluding tert-OH is 1. The molecule has 3 aromatic rings. The van der Waals surface area contributed by atoms with Gasteiger partial charge in [-0.1, -0.05) is 58.2 Å². The summed E-state index contributed by atoms with van der Waals surface area (Å²) in [6.45, 7) is 26.8. The zero-order valence-corrected chi connectivity index (χ0v) is 26.1. The van der Waals surface area contributed by atoms with Crippen molar-refractivity contribution in [3.05, 3.63) is 79.1 Å². The molecule has 3 heteroatoms. The summed E-state index contributed by atoms with van der Waals surface area (Å²) in [7, 11) is 0. The summed E-state index contributed by atoms with van der Waals surface area (Å²) >= 11 is 0. The molecule has 0 aliphatic rings. The molecule has 0 aromatic heterocycles. The van der Waals surface area contributed by atoms with Crippen molar-refractivity contribution in [3.8, 4) is 11.1 Å². The van der Waals surface area contributed by atoms with Crippen LogP contribution in [0.2, 0.25) is 0 Å². The van der Waals surface area contributed by atoms with Gasteiger partial charge in [-0.05, 0) is 54.0 Å². The fourth-order valence-electron chi connectivity index (χ4n) is 4.44. The van der Waals surface area contributed by atoms with Crippen LogP contribution in [0.15, 0.2) is 11.3 Å². The summed E-state index contributed by atoms with van der Waals surface area (Å²) in [6.07, 6.45) is 0. The third-order valence-electron chi connectivity index (χ3n) is 7.88. The van der Waals surface area contributed by atoms with Crippen molar-refractivity contribution in [1.82, 2.24) is 0 Å². The monoisotopic (exact) mass is 649 g/mol. The Labute approximate surface area is 226 Å². The minimum absolute atomic E-state index is 0. The maximum Gasteiger partial charge on any atom is 0.158 e. The average Bonchev–Trinajstić information content (AvgIpc) is 2.78. The molecule has 191 valence electrons. The van der Waals surface area contributed by atoms with Crippen LogP contribution in [0.1, 0.15) is 76.4 Å². The van der Waals surface area contributed by atoms with E-state index in [4.69, 9.17) is 5.11 Å². The fourth-order valence-corrected chi connectivity index (χ4v) is 4.44. The van der Waals surface area contributed by atoms with Gasteiger partial charge >= 0.3 is 0 Å². The molecule has 0 heterocycles. The normalized spacial score (nSPS) is 11.5. The molecule has 0 spiro atoms. The third kappa shape index (κ3) is 5.79. The van der Waals surface area contributed by atoms with E-state index in [9.17, 15) is 4.79 Å². The third-order valence-corrected chi connectivity index (χ3v) is 7.88. The van der Waals surface area contributed by atoms with Gasteiger partial charge in [-0.3, -0.25) is 4.79 Å². The molecule has 1 radical (unpaired) electrons. The number of Topliss-reactive ketones (excluding diaryl/α,β-unsaturated/α-hetero) is 1. The van der Waals surface area contributed by atoms with E-state index in [0.29, 0.717) is 5.57 Å². The van der Waals surface area contributed by atoms with Gasteiger partial charge in [0.2, 0.25) is 0 Å². The van der Waals surface area contributed by atoms with Gasteiger partial charge in [-0.2, -0.15) is 17.7 Å². The molecule has 2 nitrogen and oxygen atoms in total. The predicted molar refractivity (Wildman–Crippen MR) is 146 cm³/mol. The Kier molecular flexibility index (Phi) is 10.3. The molecular weight excluding hydrogens is 609 g/mol. The Morgan fingerprint density at radius 3 is 1.37 bits per heavy atom. The van der Waals surface area contributed by atoms with E-state index in [2.05, 4.69) is 81.4 Å². The summed E-state index contributed by atoms with van der Waals surface area (Å²) < 4.78 is 0. The Morgan fingerprint density at radius 1 is 0.543 bits per heavy atom. The quantitative estimate of drug-likeness (QED) is 0.172. The first-order valence-corrected chi connectivity index (χ1v) is 11.9. The molecule has 0 amide bonds. The van der Waals surface area contributed by atoms with E-state index in [1.54, 1.807) is 6.92 Å². The number of hydrogen-bond donors (Lipinski definition) is 1. The van der Waals surface area contributed by atoms with Gasteiger partial charge in [-0.25, -0.2) is 11.1 Å². The first-order valence-electron chi connectivity index (χ1n) is 11.9. The molecule has 1 N–H and O–H groups in total. The summed E-state index contributed by atoms with van der Waals surface area (Å²) in [5, 5.41) is 11.4. The van der Waals surface area contributed by atoms with Crippen molar-refractivity contribution >= 4 is 16.6 Å². The van der Waals surface area contributed by atoms with E-state index in [-0.39, 0.29) is 31.6 Å². The topological polar surface area (TPSA) is 37.3 Å². The maximum atomic E-state index is 10.4. The van der Waals surface area contributed by atoms with Gasteiger partial charge < -0.3 is 5.11 Å². The van der Waals surface area contributed by atoms with Crippen molar-refractivity contribution in [2.75, 3.05) is 0 Å². The number of aryl methyl sites for hydroxylation is 5. The number of carbonyl (C=O) groups is 1. The molecule has 0 saturated heterocycles. The molecule has 0 aliphatic carbocycles. The van der Waals surface area contributed by atoms with Gasteiger partial charge in [0.15, 0.2) is 5.78 Å². The van der Waals surface area contributed by atoms with E-state index >= 15 is 0 Å². The van der Waals surface area contributed by atoms with Crippen molar-refractivity contribution in [3.63, 3.8) is 0 Å². The minimum Gasteiger partial charge on any atom is -0.512 e. The largest absolute Gasteiger partial charge is 0.512 e. The second-order valence-electron chi connectivity index (χ2n) is 9.77. The van der Waals surface area contributed by atoms with Crippen LogP contribution < -0.4 is 0 Å². The van der Waals surface area contributed by atoms with Crippen molar-refractivity contribution in [1.29, 1.82) is 0 Å². The molecule has 0 unspecified atom stereocenters. The molecule has 3 aromatic carbocycles. The van der Waals surface area contributed by atoms with Crippen molar-refractivity contribution < 1.29 is 30.0 Å². The number of allylic oxidation sites excluding steroid dienone is 2. The number of fused-ring (bicyclic) bond motifs is 1. The number of carbonyl (C=O) groups excluding carboxylic acids is 1. The summed E-state index contributed by atoms with van der Waals surface area (Å²) in [4.78, 5) is 10.4. The molecule has 0 fully saturated rings. The van der Waals surface area contributed by atoms with Crippen LogP contribution >= 0.6 is 0 Å². The molecule has 0 bridgehead atoms. The fraction of sp³-hybridized carbons (Fsp3) is 0.406. The number of benzene rings is 3. The van der Waals surface area contributed by atoms with E-state index < -0.39 is 0 Å². The van der Waals surface area contributed by atoms with Gasteiger partial charge in [0.1, 0.15) is 0 Å². The van der Waals surface area contributed by atoms with Crippen LogP contribution in [0.25, 0.3) is 21.9 Å². The molecule has 0 aliphatic heterocycles. The van der Waals surface area contributed by atoms with Crippen molar-refractivity contribution in [2.45, 2.75) is 90.0 Å². The number of aliphatic hydroxyl groups is 1. The van der Waals surface area contributed by atoms with Gasteiger partial charge in [0, 0.05) is 25.7 Å². The van der Waals surface area contributed by atoms with Gasteiger partial charge in [-0.15, -0.1) is 38.6 Å². The Morgan fingerprint density at radius 2 is 0.943 bits per heavy atom. The van der Waals surface area contributed by atoms with Crippen LogP contribution in [-0.2, 0) is 24.9 Å². The van der Waals surface area contributed by atoms with Crippen molar-refractivity contribution in [2.24, 2.45) is 0 Å². The first kappa shape index (κ1) is 30.8. The second-order valence-corrected chi connectivity index (χ2v) is 9.77. The molecule has 0 atom stereocenters. The van der Waals surface area contributed by atoms with E-state index in [1.807, 2.05) is 0 Å². The van der Waals surface area contributed by atoms with Crippen LogP contribution in [0.4, 0.5) is 0 Å². The Balaban J connectivity index is 0.000000590. The SMILES string of the molecule is CC(=O)/C(C)=C(/C)O.Cc1[c-]c(-c2[c-]c(C)c(C)c3c(C)c(C)c(C)c(C)c23)c(C)c(C)c1C.[Ir]. The number of hydrogen-bond acceptors (Lipinski definition) is 2. The molecule has 0 saturated carbocycles. The number of rotatable bonds is 2. The minimum atomic E-state index is -0.0787. The van der Waals surface area contributed by atoms with E-state index in [1.165, 1.54) is 91.4 Å². The summed E-state index contributed by atoms with van der Waals surface area (Å²) in [5.41, 5.74) is 16.3. The molecule has 35 heavy (non-hydrogen) atoms. The Bertz CT molecular complexity index is 1340. The smallest absolute Gasteiger partial charge is 0.158 e. The van der Waals surface area contributed by atoms with Gasteiger partial charge in [0.05, 0.1) is 5.76 Å². The molecule has 3 rings (SSSR count). The first-order chi connectivity index (χ1) is 15.6. The Hall–Kier alpha value is -2.22. The van der Waals surface area contributed by atoms with Crippen LogP contribution in [0.5, 0.6) is 0 Å². The van der Waals surface area contributed by atoms with Crippen LogP contribution in [0, 0.1) is 81.4 Å². The summed E-state index contributed by atoms with van der Waals surface area (Å²) in [5.74, 6) is 0.0301. The van der Waals surface area contributed by atoms with Gasteiger partial charge in [0.25, 0.3) is 0 Å². The standard InChI is InChI=1S/C26H30.C6H10O2.Ir/c1-13-11-23(20(8)17(5)15(13)3)24-12-14(2)16(4)25-21(9)18(6)19(7)22(10)26(24)25;1-4(5(2)7)6(3)8;/h1-10H3;7H,1-3H3;/q-2;;/b;5-4-;.